The first-order valence-corrected chi connectivity index (χ1v) is 10.3. The van der Waals surface area contributed by atoms with E-state index in [9.17, 15) is 9.59 Å². The number of nitrogens with zero attached hydrogens (tertiary/aromatic N) is 2. The van der Waals surface area contributed by atoms with Crippen molar-refractivity contribution in [3.63, 3.8) is 0 Å². The topological polar surface area (TPSA) is 93.9 Å². The molecule has 2 amide bonds. The molecule has 30 heavy (non-hydrogen) atoms. The van der Waals surface area contributed by atoms with Crippen LogP contribution in [0.2, 0.25) is 5.02 Å². The highest BCUT2D eigenvalue weighted by atomic mass is 35.5. The zero-order chi connectivity index (χ0) is 22.1. The van der Waals surface area contributed by atoms with Crippen LogP contribution in [0.25, 0.3) is 11.0 Å². The van der Waals surface area contributed by atoms with Gasteiger partial charge in [0.1, 0.15) is 11.3 Å². The average molecular weight is 438 g/mol. The first-order valence-electron chi connectivity index (χ1n) is 9.90. The lowest BCUT2D eigenvalue weighted by molar-refractivity contribution is -0.128. The molecule has 0 radical (unpaired) electrons. The number of carbonyl (C=O) groups excluding carboxylic acids is 2. The molecule has 2 heterocycles. The fourth-order valence-electron chi connectivity index (χ4n) is 3.31. The first kappa shape index (κ1) is 22.4. The Morgan fingerprint density at radius 2 is 2.00 bits per heavy atom. The van der Waals surface area contributed by atoms with E-state index in [2.05, 4.69) is 10.5 Å². The van der Waals surface area contributed by atoms with Gasteiger partial charge in [0.05, 0.1) is 29.7 Å². The van der Waals surface area contributed by atoms with E-state index in [1.807, 2.05) is 19.9 Å². The number of amides is 2. The lowest BCUT2D eigenvalue weighted by Gasteiger charge is -2.29. The van der Waals surface area contributed by atoms with Crippen molar-refractivity contribution in [2.75, 3.05) is 26.3 Å². The quantitative estimate of drug-likeness (QED) is 0.786. The van der Waals surface area contributed by atoms with Crippen molar-refractivity contribution < 1.29 is 23.6 Å². The van der Waals surface area contributed by atoms with Gasteiger partial charge in [-0.3, -0.25) is 4.79 Å². The molecule has 1 fully saturated rings. The maximum atomic E-state index is 13.1. The summed E-state index contributed by atoms with van der Waals surface area (Å²) in [4.78, 5) is 27.0. The molecular weight excluding hydrogens is 410 g/mol. The number of rotatable bonds is 3. The number of nitrogens with one attached hydrogen (secondary N) is 1. The lowest BCUT2D eigenvalue weighted by Crippen LogP contribution is -2.48. The minimum atomic E-state index is -0.823. The second-order valence-electron chi connectivity index (χ2n) is 8.96. The van der Waals surface area contributed by atoms with Crippen molar-refractivity contribution in [2.24, 2.45) is 5.92 Å². The number of hydrogen-bond donors (Lipinski definition) is 1. The Kier molecular flexibility index (Phi) is 6.29. The predicted molar refractivity (Wildman–Crippen MR) is 112 cm³/mol. The van der Waals surface area contributed by atoms with Gasteiger partial charge < -0.3 is 24.2 Å². The number of ether oxygens (including phenoxy) is 2. The molecule has 1 N–H and O–H groups in total. The second-order valence-corrected chi connectivity index (χ2v) is 9.37. The Balaban J connectivity index is 1.74. The van der Waals surface area contributed by atoms with E-state index >= 15 is 0 Å². The minimum absolute atomic E-state index is 0.211. The van der Waals surface area contributed by atoms with Gasteiger partial charge in [0.25, 0.3) is 0 Å². The maximum Gasteiger partial charge on any atom is 0.410 e. The zero-order valence-corrected chi connectivity index (χ0v) is 18.7. The van der Waals surface area contributed by atoms with E-state index < -0.39 is 23.2 Å². The molecule has 1 aliphatic rings. The Morgan fingerprint density at radius 1 is 1.27 bits per heavy atom. The van der Waals surface area contributed by atoms with Crippen LogP contribution in [0.1, 0.15) is 40.3 Å². The number of aromatic nitrogens is 1. The van der Waals surface area contributed by atoms with Gasteiger partial charge in [-0.1, -0.05) is 22.8 Å². The maximum absolute atomic E-state index is 13.1. The van der Waals surface area contributed by atoms with Gasteiger partial charge in [0.15, 0.2) is 5.58 Å². The van der Waals surface area contributed by atoms with Crippen LogP contribution in [0.4, 0.5) is 4.79 Å². The summed E-state index contributed by atoms with van der Waals surface area (Å²) in [5, 5.41) is 8.34. The molecule has 1 saturated heterocycles. The lowest BCUT2D eigenvalue weighted by atomic mass is 9.96. The van der Waals surface area contributed by atoms with Gasteiger partial charge in [-0.25, -0.2) is 4.79 Å². The molecule has 8 nitrogen and oxygen atoms in total. The molecule has 0 aliphatic carbocycles. The van der Waals surface area contributed by atoms with E-state index in [1.165, 1.54) is 4.90 Å². The molecule has 0 spiro atoms. The van der Waals surface area contributed by atoms with Crippen molar-refractivity contribution in [2.45, 2.75) is 45.8 Å². The molecular formula is C21H28ClN3O5. The Morgan fingerprint density at radius 3 is 2.70 bits per heavy atom. The van der Waals surface area contributed by atoms with Crippen LogP contribution in [-0.2, 0) is 19.8 Å². The van der Waals surface area contributed by atoms with Crippen LogP contribution >= 0.6 is 11.6 Å². The first-order chi connectivity index (χ1) is 14.0. The molecule has 1 aliphatic heterocycles. The Labute approximate surface area is 180 Å². The fraction of sp³-hybridized carbons (Fsp3) is 0.571. The Bertz CT molecular complexity index is 934. The van der Waals surface area contributed by atoms with Crippen LogP contribution < -0.4 is 5.32 Å². The minimum Gasteiger partial charge on any atom is -0.444 e. The molecule has 1 aromatic heterocycles. The molecule has 1 atom stereocenters. The summed E-state index contributed by atoms with van der Waals surface area (Å²) in [5.41, 5.74) is -0.382. The molecule has 0 bridgehead atoms. The highest BCUT2D eigenvalue weighted by Gasteiger charge is 2.35. The largest absolute Gasteiger partial charge is 0.444 e. The molecule has 9 heteroatoms. The molecule has 0 saturated carbocycles. The van der Waals surface area contributed by atoms with Crippen molar-refractivity contribution in [3.8, 4) is 0 Å². The molecule has 2 aromatic rings. The van der Waals surface area contributed by atoms with Crippen molar-refractivity contribution in [3.05, 3.63) is 28.9 Å². The number of benzene rings is 1. The van der Waals surface area contributed by atoms with Crippen LogP contribution in [0.3, 0.4) is 0 Å². The molecule has 1 unspecified atom stereocenters. The summed E-state index contributed by atoms with van der Waals surface area (Å²) in [6.45, 7) is 10.2. The van der Waals surface area contributed by atoms with E-state index in [4.69, 9.17) is 25.6 Å². The smallest absolute Gasteiger partial charge is 0.410 e. The molecule has 1 aromatic carbocycles. The summed E-state index contributed by atoms with van der Waals surface area (Å²) in [7, 11) is 0. The Hall–Kier alpha value is -2.32. The van der Waals surface area contributed by atoms with Crippen molar-refractivity contribution in [1.82, 2.24) is 15.4 Å². The summed E-state index contributed by atoms with van der Waals surface area (Å²) < 4.78 is 16.4. The SMILES string of the molecule is CC(C)(C)OC(=O)N1CCOCC(C(=O)NC(C)(C)c2noc3c(Cl)cccc23)C1. The van der Waals surface area contributed by atoms with Gasteiger partial charge in [0.2, 0.25) is 5.91 Å². The van der Waals surface area contributed by atoms with Gasteiger partial charge in [-0.2, -0.15) is 0 Å². The zero-order valence-electron chi connectivity index (χ0n) is 18.0. The highest BCUT2D eigenvalue weighted by molar-refractivity contribution is 6.34. The number of carbonyl (C=O) groups is 2. The summed E-state index contributed by atoms with van der Waals surface area (Å²) >= 11 is 6.17. The van der Waals surface area contributed by atoms with E-state index in [0.29, 0.717) is 29.5 Å². The van der Waals surface area contributed by atoms with E-state index in [-0.39, 0.29) is 19.1 Å². The number of hydrogen-bond acceptors (Lipinski definition) is 6. The summed E-state index contributed by atoms with van der Waals surface area (Å²) in [6.07, 6.45) is -0.456. The van der Waals surface area contributed by atoms with Gasteiger partial charge in [0, 0.05) is 18.5 Å². The van der Waals surface area contributed by atoms with Gasteiger partial charge in [-0.05, 0) is 46.8 Å². The third-order valence-electron chi connectivity index (χ3n) is 4.77. The number of para-hydroxylation sites is 1. The second kappa shape index (κ2) is 8.43. The summed E-state index contributed by atoms with van der Waals surface area (Å²) in [6, 6.07) is 5.37. The number of fused-ring (bicyclic) bond motifs is 1. The monoisotopic (exact) mass is 437 g/mol. The molecule has 164 valence electrons. The molecule has 3 rings (SSSR count). The van der Waals surface area contributed by atoms with Crippen LogP contribution in [0.5, 0.6) is 0 Å². The number of halogens is 1. The van der Waals surface area contributed by atoms with E-state index in [1.54, 1.807) is 32.9 Å². The predicted octanol–water partition coefficient (Wildman–Crippen LogP) is 3.72. The third-order valence-corrected chi connectivity index (χ3v) is 5.06. The van der Waals surface area contributed by atoms with E-state index in [0.717, 1.165) is 5.39 Å². The van der Waals surface area contributed by atoms with Crippen LogP contribution in [0, 0.1) is 5.92 Å². The third kappa shape index (κ3) is 5.05. The fourth-order valence-corrected chi connectivity index (χ4v) is 3.52. The van der Waals surface area contributed by atoms with Crippen LogP contribution in [0.15, 0.2) is 22.7 Å². The highest BCUT2D eigenvalue weighted by Crippen LogP contribution is 2.32. The summed E-state index contributed by atoms with van der Waals surface area (Å²) in [5.74, 6) is -0.783. The normalized spacial score (nSPS) is 18.2. The standard InChI is InChI=1S/C21H28ClN3O5/c1-20(2,3)29-19(27)25-9-10-28-12-13(11-25)18(26)23-21(4,5)17-14-7-6-8-15(22)16(14)30-24-17/h6-8,13H,9-12H2,1-5H3,(H,23,26). The van der Waals surface area contributed by atoms with Crippen molar-refractivity contribution in [1.29, 1.82) is 0 Å². The van der Waals surface area contributed by atoms with Gasteiger partial charge in [-0.15, -0.1) is 0 Å². The average Bonchev–Trinajstić information content (AvgIpc) is 2.92. The van der Waals surface area contributed by atoms with Crippen molar-refractivity contribution >= 4 is 34.6 Å². The van der Waals surface area contributed by atoms with Gasteiger partial charge >= 0.3 is 6.09 Å². The van der Waals surface area contributed by atoms with Crippen LogP contribution in [-0.4, -0.2) is 54.0 Å².